The van der Waals surface area contributed by atoms with Crippen LogP contribution in [0.5, 0.6) is 0 Å². The predicted molar refractivity (Wildman–Crippen MR) is 50.1 cm³/mol. The first-order valence-electron chi connectivity index (χ1n) is 3.87. The van der Waals surface area contributed by atoms with Crippen molar-refractivity contribution in [1.29, 1.82) is 0 Å². The molecule has 0 aromatic carbocycles. The van der Waals surface area contributed by atoms with Crippen LogP contribution in [0, 0.1) is 0 Å². The Balaban J connectivity index is 3.92. The number of hydrogen-bond donors (Lipinski definition) is 0. The minimum atomic E-state index is -0.673. The third-order valence-electron chi connectivity index (χ3n) is 2.77. The van der Waals surface area contributed by atoms with Gasteiger partial charge in [-0.3, -0.25) is 0 Å². The molecule has 0 aromatic rings. The summed E-state index contributed by atoms with van der Waals surface area (Å²) in [5, 5.41) is 0. The monoisotopic (exact) mass is 159 g/mol. The molecule has 0 saturated carbocycles. The lowest BCUT2D eigenvalue weighted by molar-refractivity contribution is 1.29. The molecule has 0 aromatic heterocycles. The van der Waals surface area contributed by atoms with Crippen LogP contribution in [0.25, 0.3) is 0 Å². The Bertz CT molecular complexity index is 75.0. The van der Waals surface area contributed by atoms with Crippen LogP contribution in [-0.2, 0) is 0 Å². The van der Waals surface area contributed by atoms with Gasteiger partial charge < -0.3 is 0 Å². The lowest BCUT2D eigenvalue weighted by atomic mass is 10.9. The van der Waals surface area contributed by atoms with Crippen LogP contribution in [0.4, 0.5) is 0 Å². The molecule has 0 rings (SSSR count). The van der Waals surface area contributed by atoms with Crippen molar-refractivity contribution in [2.45, 2.75) is 45.6 Å². The fraction of sp³-hybridized carbons (Fsp3) is 1.00. The highest BCUT2D eigenvalue weighted by atomic mass is 29.2. The molecule has 0 atom stereocenters. The molecule has 1 radical (unpaired) electrons. The van der Waals surface area contributed by atoms with Gasteiger partial charge in [-0.1, -0.05) is 45.6 Å². The molecule has 0 nitrogen and oxygen atoms in total. The van der Waals surface area contributed by atoms with Crippen LogP contribution in [0.1, 0.15) is 13.8 Å². The molecule has 0 bridgehead atoms. The summed E-state index contributed by atoms with van der Waals surface area (Å²) >= 11 is 0. The molecular weight excluding hydrogens is 140 g/mol. The van der Waals surface area contributed by atoms with E-state index in [1.165, 1.54) is 12.1 Å². The van der Waals surface area contributed by atoms with Crippen LogP contribution in [0.2, 0.25) is 31.7 Å². The zero-order chi connectivity index (χ0) is 7.49. The molecule has 2 heteroatoms. The van der Waals surface area contributed by atoms with Gasteiger partial charge in [-0.15, -0.1) is 0 Å². The zero-order valence-electron chi connectivity index (χ0n) is 7.41. The van der Waals surface area contributed by atoms with Crippen molar-refractivity contribution in [2.75, 3.05) is 0 Å². The van der Waals surface area contributed by atoms with Crippen molar-refractivity contribution in [1.82, 2.24) is 0 Å². The molecular formula is C7H19Si2. The molecule has 0 N–H and O–H groups in total. The van der Waals surface area contributed by atoms with Gasteiger partial charge in [-0.05, 0) is 0 Å². The lowest BCUT2D eigenvalue weighted by Gasteiger charge is -2.27. The van der Waals surface area contributed by atoms with Crippen LogP contribution in [0.15, 0.2) is 0 Å². The maximum atomic E-state index is 2.56. The summed E-state index contributed by atoms with van der Waals surface area (Å²) in [6.45, 7) is 12.2. The molecule has 0 spiro atoms. The second-order valence-corrected chi connectivity index (χ2v) is 16.4. The van der Waals surface area contributed by atoms with Gasteiger partial charge in [0, 0.05) is 15.9 Å². The van der Waals surface area contributed by atoms with E-state index >= 15 is 0 Å². The van der Waals surface area contributed by atoms with Crippen molar-refractivity contribution < 1.29 is 0 Å². The van der Waals surface area contributed by atoms with Crippen LogP contribution in [-0.4, -0.2) is 15.9 Å². The maximum Gasteiger partial charge on any atom is 0.0409 e. The minimum Gasteiger partial charge on any atom is -0.0733 e. The summed E-state index contributed by atoms with van der Waals surface area (Å²) in [4.78, 5) is 0. The first-order valence-corrected chi connectivity index (χ1v) is 10.3. The summed E-state index contributed by atoms with van der Waals surface area (Å²) in [7, 11) is -0.607. The molecule has 0 fully saturated rings. The molecule has 0 aliphatic heterocycles. The van der Waals surface area contributed by atoms with Crippen LogP contribution < -0.4 is 0 Å². The molecule has 0 saturated heterocycles. The first-order chi connectivity index (χ1) is 4.06. The van der Waals surface area contributed by atoms with E-state index in [1.807, 2.05) is 0 Å². The van der Waals surface area contributed by atoms with Gasteiger partial charge in [-0.25, -0.2) is 0 Å². The van der Waals surface area contributed by atoms with E-state index in [0.29, 0.717) is 0 Å². The largest absolute Gasteiger partial charge is 0.0733 e. The van der Waals surface area contributed by atoms with Crippen molar-refractivity contribution in [3.63, 3.8) is 0 Å². The lowest BCUT2D eigenvalue weighted by Crippen LogP contribution is -2.42. The molecule has 9 heavy (non-hydrogen) atoms. The molecule has 55 valence electrons. The number of hydrogen-bond acceptors (Lipinski definition) is 0. The summed E-state index contributed by atoms with van der Waals surface area (Å²) in [5.41, 5.74) is 0. The van der Waals surface area contributed by atoms with Gasteiger partial charge in [0.05, 0.1) is 0 Å². The summed E-state index contributed by atoms with van der Waals surface area (Å²) in [5.74, 6) is 0. The molecule has 0 aliphatic rings. The van der Waals surface area contributed by atoms with E-state index in [2.05, 4.69) is 33.5 Å². The van der Waals surface area contributed by atoms with Gasteiger partial charge in [0.1, 0.15) is 0 Å². The molecule has 0 heterocycles. The first kappa shape index (κ1) is 9.43. The second kappa shape index (κ2) is 3.57. The van der Waals surface area contributed by atoms with Gasteiger partial charge in [0.25, 0.3) is 0 Å². The van der Waals surface area contributed by atoms with Crippen LogP contribution >= 0.6 is 0 Å². The highest BCUT2D eigenvalue weighted by molar-refractivity contribution is 7.31. The van der Waals surface area contributed by atoms with E-state index in [0.717, 1.165) is 0 Å². The third kappa shape index (κ3) is 2.26. The Morgan fingerprint density at radius 1 is 1.11 bits per heavy atom. The average molecular weight is 159 g/mol. The molecule has 0 unspecified atom stereocenters. The maximum absolute atomic E-state index is 2.56. The van der Waals surface area contributed by atoms with E-state index in [1.54, 1.807) is 0 Å². The molecule has 0 aliphatic carbocycles. The third-order valence-corrected chi connectivity index (χ3v) is 17.7. The Morgan fingerprint density at radius 2 is 1.44 bits per heavy atom. The van der Waals surface area contributed by atoms with Crippen molar-refractivity contribution in [2.24, 2.45) is 0 Å². The quantitative estimate of drug-likeness (QED) is 0.556. The van der Waals surface area contributed by atoms with E-state index < -0.39 is 7.59 Å². The van der Waals surface area contributed by atoms with Gasteiger partial charge in [0.2, 0.25) is 0 Å². The van der Waals surface area contributed by atoms with Gasteiger partial charge >= 0.3 is 0 Å². The highest BCUT2D eigenvalue weighted by Gasteiger charge is 2.26. The zero-order valence-corrected chi connectivity index (χ0v) is 9.41. The predicted octanol–water partition coefficient (Wildman–Crippen LogP) is 2.94. The molecule has 0 amide bonds. The smallest absolute Gasteiger partial charge is 0.0409 e. The van der Waals surface area contributed by atoms with E-state index in [4.69, 9.17) is 0 Å². The van der Waals surface area contributed by atoms with Gasteiger partial charge in [-0.2, -0.15) is 0 Å². The van der Waals surface area contributed by atoms with Crippen molar-refractivity contribution in [3.05, 3.63) is 0 Å². The van der Waals surface area contributed by atoms with Crippen molar-refractivity contribution >= 4 is 15.9 Å². The second-order valence-electron chi connectivity index (χ2n) is 3.27. The fourth-order valence-corrected chi connectivity index (χ4v) is 7.11. The summed E-state index contributed by atoms with van der Waals surface area (Å²) in [6, 6.07) is 2.98. The standard InChI is InChI=1S/C7H19Si2/c1-6-9(5,7-2)8(3)4/h6-7H2,1-5H3. The Labute approximate surface area is 62.1 Å². The van der Waals surface area contributed by atoms with E-state index in [-0.39, 0.29) is 8.31 Å². The van der Waals surface area contributed by atoms with E-state index in [9.17, 15) is 0 Å². The minimum absolute atomic E-state index is 0.0656. The normalized spacial score (nSPS) is 12.7. The fourth-order valence-electron chi connectivity index (χ4n) is 0.957. The summed E-state index contributed by atoms with van der Waals surface area (Å²) < 4.78 is 0. The average Bonchev–Trinajstić information content (AvgIpc) is 1.86. The summed E-state index contributed by atoms with van der Waals surface area (Å²) in [6.07, 6.45) is 0. The Kier molecular flexibility index (Phi) is 3.74. The Morgan fingerprint density at radius 3 is 1.44 bits per heavy atom. The SMILES string of the molecule is CC[Si](C)(CC)[Si](C)C. The van der Waals surface area contributed by atoms with Crippen molar-refractivity contribution in [3.8, 4) is 0 Å². The number of rotatable bonds is 3. The Hall–Kier alpha value is 0.434. The topological polar surface area (TPSA) is 0 Å². The highest BCUT2D eigenvalue weighted by Crippen LogP contribution is 2.17. The van der Waals surface area contributed by atoms with Gasteiger partial charge in [0.15, 0.2) is 0 Å². The van der Waals surface area contributed by atoms with Crippen LogP contribution in [0.3, 0.4) is 0 Å².